The summed E-state index contributed by atoms with van der Waals surface area (Å²) >= 11 is 0. The number of rotatable bonds is 8. The van der Waals surface area contributed by atoms with E-state index in [4.69, 9.17) is 9.84 Å². The molecule has 1 aromatic carbocycles. The lowest BCUT2D eigenvalue weighted by atomic mass is 10.1. The molecule has 0 saturated heterocycles. The van der Waals surface area contributed by atoms with Gasteiger partial charge in [-0.3, -0.25) is 0 Å². The minimum absolute atomic E-state index is 0.0311. The second kappa shape index (κ2) is 7.35. The highest BCUT2D eigenvalue weighted by Crippen LogP contribution is 2.18. The van der Waals surface area contributed by atoms with Crippen LogP contribution in [0.3, 0.4) is 0 Å². The molecule has 0 spiro atoms. The second-order valence-electron chi connectivity index (χ2n) is 4.64. The Morgan fingerprint density at radius 2 is 2.10 bits per heavy atom. The molecule has 116 valence electrons. The van der Waals surface area contributed by atoms with Crippen molar-refractivity contribution in [3.8, 4) is 0 Å². The maximum absolute atomic E-state index is 12.1. The van der Waals surface area contributed by atoms with Gasteiger partial charge < -0.3 is 9.84 Å². The van der Waals surface area contributed by atoms with E-state index < -0.39 is 16.0 Å². The van der Waals surface area contributed by atoms with Crippen molar-refractivity contribution in [3.63, 3.8) is 0 Å². The average Bonchev–Trinajstić information content (AvgIpc) is 2.37. The molecule has 0 heterocycles. The first-order chi connectivity index (χ1) is 9.75. The highest BCUT2D eigenvalue weighted by Gasteiger charge is 2.20. The Labute approximate surface area is 124 Å². The van der Waals surface area contributed by atoms with Crippen LogP contribution in [-0.4, -0.2) is 39.3 Å². The first-order valence-electron chi connectivity index (χ1n) is 6.30. The van der Waals surface area contributed by atoms with Crippen LogP contribution in [0, 0.1) is 6.92 Å². The summed E-state index contributed by atoms with van der Waals surface area (Å²) < 4.78 is 31.9. The number of benzene rings is 1. The molecule has 0 aromatic heterocycles. The van der Waals surface area contributed by atoms with Crippen LogP contribution in [-0.2, 0) is 14.8 Å². The fourth-order valence-electron chi connectivity index (χ4n) is 1.71. The van der Waals surface area contributed by atoms with Gasteiger partial charge in [-0.2, -0.15) is 0 Å². The molecule has 0 fully saturated rings. The van der Waals surface area contributed by atoms with E-state index in [2.05, 4.69) is 11.3 Å². The number of carboxylic acid groups (broad SMARTS) is 1. The van der Waals surface area contributed by atoms with Crippen LogP contribution in [0.25, 0.3) is 0 Å². The monoisotopic (exact) mass is 313 g/mol. The summed E-state index contributed by atoms with van der Waals surface area (Å²) in [5.41, 5.74) is 1.03. The van der Waals surface area contributed by atoms with Gasteiger partial charge in [0.05, 0.1) is 23.7 Å². The number of nitrogens with one attached hydrogen (secondary N) is 1. The molecule has 0 aliphatic rings. The number of ether oxygens (including phenoxy) is 1. The molecule has 0 amide bonds. The number of hydrogen-bond donors (Lipinski definition) is 2. The molecule has 0 aliphatic heterocycles. The van der Waals surface area contributed by atoms with Crippen LogP contribution in [0.15, 0.2) is 35.2 Å². The zero-order chi connectivity index (χ0) is 16.0. The Morgan fingerprint density at radius 3 is 2.67 bits per heavy atom. The molecule has 6 nitrogen and oxygen atoms in total. The molecule has 1 rings (SSSR count). The Kier molecular flexibility index (Phi) is 6.07. The van der Waals surface area contributed by atoms with E-state index in [0.717, 1.165) is 5.57 Å². The minimum Gasteiger partial charge on any atom is -0.478 e. The van der Waals surface area contributed by atoms with Crippen LogP contribution in [0.4, 0.5) is 0 Å². The van der Waals surface area contributed by atoms with Gasteiger partial charge in [-0.1, -0.05) is 18.2 Å². The van der Waals surface area contributed by atoms with Crippen molar-refractivity contribution in [1.82, 2.24) is 4.72 Å². The first kappa shape index (κ1) is 17.4. The summed E-state index contributed by atoms with van der Waals surface area (Å²) in [6, 6.07) is 4.15. The normalized spacial score (nSPS) is 11.3. The summed E-state index contributed by atoms with van der Waals surface area (Å²) in [7, 11) is -3.76. The van der Waals surface area contributed by atoms with E-state index in [-0.39, 0.29) is 29.2 Å². The third-order valence-electron chi connectivity index (χ3n) is 2.69. The summed E-state index contributed by atoms with van der Waals surface area (Å²) in [6.07, 6.45) is 0. The molecule has 0 bridgehead atoms. The number of aromatic carboxylic acids is 1. The average molecular weight is 313 g/mol. The Balaban J connectivity index is 2.77. The van der Waals surface area contributed by atoms with Gasteiger partial charge in [0, 0.05) is 6.54 Å². The van der Waals surface area contributed by atoms with Crippen molar-refractivity contribution in [2.75, 3.05) is 19.8 Å². The van der Waals surface area contributed by atoms with Crippen molar-refractivity contribution in [3.05, 3.63) is 41.5 Å². The van der Waals surface area contributed by atoms with Crippen LogP contribution < -0.4 is 4.72 Å². The zero-order valence-corrected chi connectivity index (χ0v) is 12.9. The maximum atomic E-state index is 12.1. The molecule has 0 radical (unpaired) electrons. The van der Waals surface area contributed by atoms with Crippen LogP contribution in [0.1, 0.15) is 22.8 Å². The largest absolute Gasteiger partial charge is 0.478 e. The van der Waals surface area contributed by atoms with Crippen LogP contribution in [0.5, 0.6) is 0 Å². The molecule has 0 atom stereocenters. The topological polar surface area (TPSA) is 92.7 Å². The van der Waals surface area contributed by atoms with E-state index >= 15 is 0 Å². The first-order valence-corrected chi connectivity index (χ1v) is 7.78. The maximum Gasteiger partial charge on any atom is 0.335 e. The Morgan fingerprint density at radius 1 is 1.43 bits per heavy atom. The lowest BCUT2D eigenvalue weighted by molar-refractivity contribution is 0.0696. The van der Waals surface area contributed by atoms with Crippen molar-refractivity contribution >= 4 is 16.0 Å². The van der Waals surface area contributed by atoms with E-state index in [9.17, 15) is 13.2 Å². The third-order valence-corrected chi connectivity index (χ3v) is 4.30. The molecule has 2 N–H and O–H groups in total. The summed E-state index contributed by atoms with van der Waals surface area (Å²) in [5.74, 6) is -1.16. The summed E-state index contributed by atoms with van der Waals surface area (Å²) in [5, 5.41) is 9.01. The van der Waals surface area contributed by atoms with Crippen molar-refractivity contribution in [1.29, 1.82) is 0 Å². The number of carbonyl (C=O) groups is 1. The number of hydrogen-bond acceptors (Lipinski definition) is 4. The molecule has 21 heavy (non-hydrogen) atoms. The zero-order valence-electron chi connectivity index (χ0n) is 12.0. The van der Waals surface area contributed by atoms with Gasteiger partial charge >= 0.3 is 5.97 Å². The fourth-order valence-corrected chi connectivity index (χ4v) is 2.99. The summed E-state index contributed by atoms with van der Waals surface area (Å²) in [6.45, 7) is 7.63. The van der Waals surface area contributed by atoms with E-state index in [1.54, 1.807) is 0 Å². The van der Waals surface area contributed by atoms with Crippen LogP contribution >= 0.6 is 0 Å². The third kappa shape index (κ3) is 4.96. The fraction of sp³-hybridized carbons (Fsp3) is 0.357. The molecule has 1 aromatic rings. The molecule has 0 unspecified atom stereocenters. The van der Waals surface area contributed by atoms with Crippen molar-refractivity contribution in [2.24, 2.45) is 0 Å². The minimum atomic E-state index is -3.76. The SMILES string of the molecule is C=C(C)COCCNS(=O)(=O)c1cccc(C(=O)O)c1C. The predicted molar refractivity (Wildman–Crippen MR) is 79.0 cm³/mol. The highest BCUT2D eigenvalue weighted by molar-refractivity contribution is 7.89. The van der Waals surface area contributed by atoms with Gasteiger partial charge in [0.15, 0.2) is 0 Å². The number of sulfonamides is 1. The van der Waals surface area contributed by atoms with Gasteiger partial charge in [0.1, 0.15) is 0 Å². The predicted octanol–water partition coefficient (Wildman–Crippen LogP) is 1.56. The van der Waals surface area contributed by atoms with Crippen LogP contribution in [0.2, 0.25) is 0 Å². The van der Waals surface area contributed by atoms with E-state index in [0.29, 0.717) is 6.61 Å². The smallest absolute Gasteiger partial charge is 0.335 e. The molecule has 0 saturated carbocycles. The van der Waals surface area contributed by atoms with Gasteiger partial charge in [-0.05, 0) is 31.5 Å². The van der Waals surface area contributed by atoms with Crippen molar-refractivity contribution < 1.29 is 23.1 Å². The quantitative estimate of drug-likeness (QED) is 0.561. The molecule has 7 heteroatoms. The van der Waals surface area contributed by atoms with Crippen molar-refractivity contribution in [2.45, 2.75) is 18.7 Å². The number of carboxylic acids is 1. The lowest BCUT2D eigenvalue weighted by Gasteiger charge is -2.11. The summed E-state index contributed by atoms with van der Waals surface area (Å²) in [4.78, 5) is 11.0. The molecule has 0 aliphatic carbocycles. The van der Waals surface area contributed by atoms with Gasteiger partial charge in [0.2, 0.25) is 10.0 Å². The van der Waals surface area contributed by atoms with E-state index in [1.165, 1.54) is 25.1 Å². The standard InChI is InChI=1S/C14H19NO5S/c1-10(2)9-20-8-7-15-21(18,19)13-6-4-5-12(11(13)3)14(16)17/h4-6,15H,1,7-9H2,2-3H3,(H,16,17). The molecular weight excluding hydrogens is 294 g/mol. The Bertz CT molecular complexity index is 637. The van der Waals surface area contributed by atoms with E-state index in [1.807, 2.05) is 6.92 Å². The van der Waals surface area contributed by atoms with Gasteiger partial charge in [-0.15, -0.1) is 0 Å². The second-order valence-corrected chi connectivity index (χ2v) is 6.38. The van der Waals surface area contributed by atoms with Gasteiger partial charge in [0.25, 0.3) is 0 Å². The van der Waals surface area contributed by atoms with Gasteiger partial charge in [-0.25, -0.2) is 17.9 Å². The molecular formula is C14H19NO5S. The lowest BCUT2D eigenvalue weighted by Crippen LogP contribution is -2.28. The Hall–Kier alpha value is -1.70. The highest BCUT2D eigenvalue weighted by atomic mass is 32.2.